The minimum absolute atomic E-state index is 0.323. The van der Waals surface area contributed by atoms with Crippen molar-refractivity contribution in [2.75, 3.05) is 13.1 Å². The number of fused-ring (bicyclic) bond motifs is 2. The van der Waals surface area contributed by atoms with E-state index >= 15 is 0 Å². The van der Waals surface area contributed by atoms with Crippen molar-refractivity contribution in [3.63, 3.8) is 0 Å². The number of nitrogens with zero attached hydrogens (tertiary/aromatic N) is 6. The van der Waals surface area contributed by atoms with Gasteiger partial charge in [0.05, 0.1) is 0 Å². The molecule has 0 radical (unpaired) electrons. The molecule has 1 aliphatic heterocycles. The van der Waals surface area contributed by atoms with Gasteiger partial charge < -0.3 is 0 Å². The molecule has 8 heteroatoms. The second-order valence-electron chi connectivity index (χ2n) is 10.3. The van der Waals surface area contributed by atoms with Crippen molar-refractivity contribution in [3.8, 4) is 11.3 Å². The summed E-state index contributed by atoms with van der Waals surface area (Å²) in [5.41, 5.74) is 7.57. The standard InChI is InChI=1S/C31H30AsN7/c32-30-28-29(23-11-12-25-26(18-23)36-27(35-25)17-21-7-3-1-4-8-21)37-39(31(28)34-20-33-30)24-13-15-38(16-14-24)19-22-9-5-2-6-10-22/h1-12,18,20,24H,13-17,19,32H2,(H,35,36). The van der Waals surface area contributed by atoms with Crippen LogP contribution in [0.25, 0.3) is 33.3 Å². The van der Waals surface area contributed by atoms with Crippen LogP contribution < -0.4 is 4.48 Å². The second kappa shape index (κ2) is 10.4. The molecule has 0 spiro atoms. The van der Waals surface area contributed by atoms with Gasteiger partial charge in [-0.05, 0) is 0 Å². The van der Waals surface area contributed by atoms with Gasteiger partial charge in [0.1, 0.15) is 0 Å². The molecule has 0 amide bonds. The molecular weight excluding hydrogens is 545 g/mol. The zero-order chi connectivity index (χ0) is 26.2. The number of aromatic nitrogens is 6. The van der Waals surface area contributed by atoms with Gasteiger partial charge in [-0.2, -0.15) is 0 Å². The van der Waals surface area contributed by atoms with Gasteiger partial charge in [-0.25, -0.2) is 0 Å². The maximum atomic E-state index is 5.21. The molecule has 1 unspecified atom stereocenters. The fourth-order valence-corrected chi connectivity index (χ4v) is 6.40. The zero-order valence-electron chi connectivity index (χ0n) is 21.7. The SMILES string of the molecule is [AsH2]c1ncnc2c1c(-c1ccc3nc(Cc4ccccc4)[nH]c3c1)nn2C1CCN(Cc2ccccc2)CC1. The van der Waals surface area contributed by atoms with Crippen LogP contribution >= 0.6 is 0 Å². The van der Waals surface area contributed by atoms with Crippen LogP contribution in [0.5, 0.6) is 0 Å². The number of nitrogens with one attached hydrogen (secondary N) is 1. The maximum absolute atomic E-state index is 5.21. The van der Waals surface area contributed by atoms with Crippen molar-refractivity contribution < 1.29 is 0 Å². The summed E-state index contributed by atoms with van der Waals surface area (Å²) in [6.07, 6.45) is 4.57. The normalized spacial score (nSPS) is 14.9. The Kier molecular flexibility index (Phi) is 6.47. The summed E-state index contributed by atoms with van der Waals surface area (Å²) in [7, 11) is 0. The Morgan fingerprint density at radius 2 is 1.62 bits per heavy atom. The van der Waals surface area contributed by atoms with Crippen molar-refractivity contribution in [2.24, 2.45) is 0 Å². The van der Waals surface area contributed by atoms with Crippen LogP contribution in [0.2, 0.25) is 0 Å². The van der Waals surface area contributed by atoms with Crippen molar-refractivity contribution in [1.82, 2.24) is 34.6 Å². The van der Waals surface area contributed by atoms with Gasteiger partial charge in [0.25, 0.3) is 0 Å². The van der Waals surface area contributed by atoms with E-state index < -0.39 is 0 Å². The third-order valence-electron chi connectivity index (χ3n) is 7.69. The summed E-state index contributed by atoms with van der Waals surface area (Å²) >= 11 is 1.50. The molecule has 3 aromatic carbocycles. The molecule has 0 saturated carbocycles. The van der Waals surface area contributed by atoms with Crippen molar-refractivity contribution in [1.29, 1.82) is 0 Å². The van der Waals surface area contributed by atoms with E-state index in [9.17, 15) is 0 Å². The van der Waals surface area contributed by atoms with Crippen LogP contribution in [0.1, 0.15) is 35.8 Å². The average Bonchev–Trinajstić information content (AvgIpc) is 3.56. The molecule has 194 valence electrons. The first-order chi connectivity index (χ1) is 19.2. The van der Waals surface area contributed by atoms with Gasteiger partial charge in [-0.1, -0.05) is 12.1 Å². The van der Waals surface area contributed by atoms with Gasteiger partial charge in [-0.15, -0.1) is 0 Å². The Labute approximate surface area is 235 Å². The number of H-pyrrole nitrogens is 1. The molecule has 1 atom stereocenters. The molecule has 0 aliphatic carbocycles. The van der Waals surface area contributed by atoms with Gasteiger partial charge in [0.15, 0.2) is 0 Å². The van der Waals surface area contributed by atoms with E-state index in [0.29, 0.717) is 6.04 Å². The quantitative estimate of drug-likeness (QED) is 0.304. The summed E-state index contributed by atoms with van der Waals surface area (Å²) < 4.78 is 3.19. The minimum atomic E-state index is 0.323. The van der Waals surface area contributed by atoms with E-state index in [1.807, 2.05) is 6.07 Å². The molecular formula is C31H30AsN7. The Hall–Kier alpha value is -3.80. The predicted molar refractivity (Wildman–Crippen MR) is 158 cm³/mol. The molecule has 39 heavy (non-hydrogen) atoms. The summed E-state index contributed by atoms with van der Waals surface area (Å²) in [5.74, 6) is 0.967. The molecule has 7 nitrogen and oxygen atoms in total. The molecule has 6 aromatic rings. The van der Waals surface area contributed by atoms with E-state index in [-0.39, 0.29) is 0 Å². The van der Waals surface area contributed by atoms with Gasteiger partial charge >= 0.3 is 224 Å². The van der Waals surface area contributed by atoms with Crippen molar-refractivity contribution in [3.05, 3.63) is 102 Å². The predicted octanol–water partition coefficient (Wildman–Crippen LogP) is 4.06. The van der Waals surface area contributed by atoms with Gasteiger partial charge in [0, 0.05) is 0 Å². The molecule has 1 aliphatic rings. The average molecular weight is 576 g/mol. The van der Waals surface area contributed by atoms with Crippen LogP contribution in [0.4, 0.5) is 0 Å². The van der Waals surface area contributed by atoms with E-state index in [4.69, 9.17) is 15.1 Å². The number of aromatic amines is 1. The van der Waals surface area contributed by atoms with Crippen LogP contribution in [-0.4, -0.2) is 64.6 Å². The first-order valence-electron chi connectivity index (χ1n) is 13.5. The van der Waals surface area contributed by atoms with Crippen molar-refractivity contribution in [2.45, 2.75) is 31.8 Å². The van der Waals surface area contributed by atoms with E-state index in [1.54, 1.807) is 6.33 Å². The van der Waals surface area contributed by atoms with Crippen LogP contribution in [0.3, 0.4) is 0 Å². The molecule has 0 bridgehead atoms. The van der Waals surface area contributed by atoms with Gasteiger partial charge in [-0.3, -0.25) is 0 Å². The Morgan fingerprint density at radius 1 is 0.872 bits per heavy atom. The Bertz CT molecular complexity index is 1740. The van der Waals surface area contributed by atoms with E-state index in [2.05, 4.69) is 92.3 Å². The number of imidazole rings is 1. The first-order valence-corrected chi connectivity index (χ1v) is 14.7. The summed E-state index contributed by atoms with van der Waals surface area (Å²) in [6, 6.07) is 27.9. The van der Waals surface area contributed by atoms with Crippen LogP contribution in [0.15, 0.2) is 85.2 Å². The molecule has 1 N–H and O–H groups in total. The second-order valence-corrected chi connectivity index (χ2v) is 11.5. The molecule has 1 saturated heterocycles. The Balaban J connectivity index is 1.18. The molecule has 7 rings (SSSR count). The van der Waals surface area contributed by atoms with Crippen molar-refractivity contribution >= 4 is 43.4 Å². The fraction of sp³-hybridized carbons (Fsp3) is 0.226. The third-order valence-corrected chi connectivity index (χ3v) is 8.61. The Morgan fingerprint density at radius 3 is 2.38 bits per heavy atom. The van der Waals surface area contributed by atoms with E-state index in [0.717, 1.165) is 82.5 Å². The first kappa shape index (κ1) is 24.3. The van der Waals surface area contributed by atoms with Crippen LogP contribution in [0, 0.1) is 0 Å². The molecule has 1 fully saturated rings. The number of piperidine rings is 1. The summed E-state index contributed by atoms with van der Waals surface area (Å²) in [4.78, 5) is 20.2. The molecule has 3 aromatic heterocycles. The number of hydrogen-bond donors (Lipinski definition) is 1. The topological polar surface area (TPSA) is 75.5 Å². The third kappa shape index (κ3) is 4.88. The number of benzene rings is 3. The fourth-order valence-electron chi connectivity index (χ4n) is 5.70. The van der Waals surface area contributed by atoms with Gasteiger partial charge in [0.2, 0.25) is 0 Å². The monoisotopic (exact) mass is 575 g/mol. The zero-order valence-corrected chi connectivity index (χ0v) is 24.1. The molecule has 4 heterocycles. The van der Waals surface area contributed by atoms with E-state index in [1.165, 1.54) is 28.0 Å². The van der Waals surface area contributed by atoms with Crippen LogP contribution in [-0.2, 0) is 13.0 Å². The summed E-state index contributed by atoms with van der Waals surface area (Å²) in [5, 5.41) is 6.27. The number of likely N-dealkylation sites (tertiary alicyclic amines) is 1. The number of rotatable bonds is 6. The summed E-state index contributed by atoms with van der Waals surface area (Å²) in [6.45, 7) is 3.10. The number of hydrogen-bond acceptors (Lipinski definition) is 5.